The number of carbonyl (C=O) groups excluding carboxylic acids is 2. The zero-order valence-electron chi connectivity index (χ0n) is 35.8. The first kappa shape index (κ1) is 53.9. The summed E-state index contributed by atoms with van der Waals surface area (Å²) in [5.41, 5.74) is 0. The smallest absolute Gasteiger partial charge is 0.306 e. The minimum Gasteiger partial charge on any atom is -0.756 e. The molecule has 0 aliphatic carbocycles. The molecule has 0 aromatic heterocycles. The van der Waals surface area contributed by atoms with Gasteiger partial charge in [-0.2, -0.15) is 0 Å². The van der Waals surface area contributed by atoms with Crippen LogP contribution in [0.15, 0.2) is 48.6 Å². The average molecular weight is 814 g/mol. The molecular formula is C44H80NO10P. The fraction of sp³-hybridized carbons (Fsp3) is 0.773. The monoisotopic (exact) mass is 814 g/mol. The molecule has 0 spiro atoms. The van der Waals surface area contributed by atoms with Crippen LogP contribution in [0.2, 0.25) is 0 Å². The van der Waals surface area contributed by atoms with Crippen LogP contribution >= 0.6 is 7.82 Å². The lowest BCUT2D eigenvalue weighted by molar-refractivity contribution is -0.870. The summed E-state index contributed by atoms with van der Waals surface area (Å²) in [6.07, 6.45) is 33.5. The van der Waals surface area contributed by atoms with Gasteiger partial charge in [-0.3, -0.25) is 14.2 Å². The van der Waals surface area contributed by atoms with Crippen molar-refractivity contribution in [1.82, 2.24) is 0 Å². The normalized spacial score (nSPS) is 15.2. The molecule has 0 rings (SSSR count). The Morgan fingerprint density at radius 2 is 1.12 bits per heavy atom. The van der Waals surface area contributed by atoms with Gasteiger partial charge in [0.1, 0.15) is 19.8 Å². The van der Waals surface area contributed by atoms with Gasteiger partial charge in [-0.1, -0.05) is 140 Å². The highest BCUT2D eigenvalue weighted by atomic mass is 31.2. The van der Waals surface area contributed by atoms with E-state index in [1.165, 1.54) is 0 Å². The fourth-order valence-electron chi connectivity index (χ4n) is 5.51. The molecule has 0 aromatic carbocycles. The first-order chi connectivity index (χ1) is 26.8. The number of hydrogen-bond acceptors (Lipinski definition) is 10. The molecule has 326 valence electrons. The predicted octanol–water partition coefficient (Wildman–Crippen LogP) is 9.22. The third-order valence-electron chi connectivity index (χ3n) is 9.03. The number of unbranched alkanes of at least 4 members (excludes halogenated alkanes) is 14. The van der Waals surface area contributed by atoms with Crippen molar-refractivity contribution in [1.29, 1.82) is 0 Å². The summed E-state index contributed by atoms with van der Waals surface area (Å²) in [6.45, 7) is 3.88. The van der Waals surface area contributed by atoms with E-state index in [0.717, 1.165) is 116 Å². The van der Waals surface area contributed by atoms with Crippen LogP contribution in [-0.2, 0) is 32.7 Å². The number of quaternary nitrogens is 1. The number of likely N-dealkylation sites (N-methyl/N-ethyl adjacent to an activating group) is 1. The van der Waals surface area contributed by atoms with Gasteiger partial charge in [-0.15, -0.1) is 0 Å². The highest BCUT2D eigenvalue weighted by Gasteiger charge is 2.21. The van der Waals surface area contributed by atoms with Crippen molar-refractivity contribution < 1.29 is 52.3 Å². The number of carbonyl (C=O) groups is 2. The third kappa shape index (κ3) is 38.7. The first-order valence-electron chi connectivity index (χ1n) is 21.6. The lowest BCUT2D eigenvalue weighted by Gasteiger charge is -2.28. The van der Waals surface area contributed by atoms with Crippen LogP contribution in [0.1, 0.15) is 155 Å². The maximum Gasteiger partial charge on any atom is 0.306 e. The van der Waals surface area contributed by atoms with E-state index in [1.54, 1.807) is 0 Å². The molecule has 4 atom stereocenters. The SMILES string of the molecule is CCCCCC(O)/C=C/C=C\CCCCCCCC(=O)OC[C@H](COP(=O)([O-])OCC[N+](C)(C)C)OC(=O)CCCCCCC/C=C\C=C\C(O)CCCCC. The number of ether oxygens (including phenoxy) is 2. The molecule has 12 heteroatoms. The van der Waals surface area contributed by atoms with Crippen LogP contribution in [0, 0.1) is 0 Å². The Bertz CT molecular complexity index is 1130. The second-order valence-corrected chi connectivity index (χ2v) is 17.2. The molecule has 0 saturated heterocycles. The Kier molecular flexibility index (Phi) is 34.6. The number of aliphatic hydroxyl groups excluding tert-OH is 2. The van der Waals surface area contributed by atoms with Gasteiger partial charge in [-0.25, -0.2) is 0 Å². The summed E-state index contributed by atoms with van der Waals surface area (Å²) in [6, 6.07) is 0. The van der Waals surface area contributed by atoms with Crippen molar-refractivity contribution in [2.75, 3.05) is 47.5 Å². The van der Waals surface area contributed by atoms with E-state index < -0.39 is 32.5 Å². The van der Waals surface area contributed by atoms with Gasteiger partial charge in [-0.05, 0) is 51.4 Å². The summed E-state index contributed by atoms with van der Waals surface area (Å²) < 4.78 is 33.8. The van der Waals surface area contributed by atoms with Crippen molar-refractivity contribution >= 4 is 19.8 Å². The van der Waals surface area contributed by atoms with Crippen molar-refractivity contribution in [3.05, 3.63) is 48.6 Å². The standard InChI is InChI=1S/C44H80NO10P/c1-6-8-24-30-40(46)32-26-20-16-12-10-14-18-22-28-34-43(48)52-38-42(39-54-56(50,51)53-37-36-45(3,4)5)55-44(49)35-29-23-19-15-11-13-17-21-27-33-41(47)31-25-9-7-2/h16-17,20-21,26-27,32-33,40-42,46-47H,6-15,18-19,22-25,28-31,34-39H2,1-5H3/b20-16-,21-17-,32-26+,33-27+/t40?,41?,42-/m1/s1. The predicted molar refractivity (Wildman–Crippen MR) is 225 cm³/mol. The van der Waals surface area contributed by atoms with E-state index in [0.29, 0.717) is 23.9 Å². The zero-order valence-corrected chi connectivity index (χ0v) is 36.7. The Morgan fingerprint density at radius 3 is 1.62 bits per heavy atom. The summed E-state index contributed by atoms with van der Waals surface area (Å²) >= 11 is 0. The number of phosphoric acid groups is 1. The summed E-state index contributed by atoms with van der Waals surface area (Å²) in [7, 11) is 1.07. The third-order valence-corrected chi connectivity index (χ3v) is 9.99. The molecule has 0 heterocycles. The molecule has 0 aliphatic rings. The van der Waals surface area contributed by atoms with Crippen molar-refractivity contribution in [2.24, 2.45) is 0 Å². The molecule has 2 N–H and O–H groups in total. The van der Waals surface area contributed by atoms with Crippen LogP contribution in [0.25, 0.3) is 0 Å². The minimum atomic E-state index is -4.66. The Balaban J connectivity index is 4.51. The lowest BCUT2D eigenvalue weighted by Crippen LogP contribution is -2.37. The molecule has 56 heavy (non-hydrogen) atoms. The van der Waals surface area contributed by atoms with Gasteiger partial charge in [0.2, 0.25) is 0 Å². The van der Waals surface area contributed by atoms with Crippen molar-refractivity contribution in [2.45, 2.75) is 173 Å². The fourth-order valence-corrected chi connectivity index (χ4v) is 6.24. The van der Waals surface area contributed by atoms with Gasteiger partial charge in [0, 0.05) is 12.8 Å². The van der Waals surface area contributed by atoms with Crippen LogP contribution in [0.4, 0.5) is 0 Å². The topological polar surface area (TPSA) is 152 Å². The van der Waals surface area contributed by atoms with Gasteiger partial charge < -0.3 is 38.1 Å². The number of hydrogen-bond donors (Lipinski definition) is 2. The van der Waals surface area contributed by atoms with E-state index in [1.807, 2.05) is 57.6 Å². The Morgan fingerprint density at radius 1 is 0.643 bits per heavy atom. The highest BCUT2D eigenvalue weighted by Crippen LogP contribution is 2.38. The molecule has 3 unspecified atom stereocenters. The molecule has 11 nitrogen and oxygen atoms in total. The molecule has 0 amide bonds. The van der Waals surface area contributed by atoms with Crippen LogP contribution in [0.3, 0.4) is 0 Å². The number of nitrogens with zero attached hydrogens (tertiary/aromatic N) is 1. The molecule has 0 bridgehead atoms. The number of allylic oxidation sites excluding steroid dienone is 6. The quantitative estimate of drug-likeness (QED) is 0.0203. The van der Waals surface area contributed by atoms with E-state index >= 15 is 0 Å². The van der Waals surface area contributed by atoms with Crippen LogP contribution < -0.4 is 4.89 Å². The van der Waals surface area contributed by atoms with E-state index in [-0.39, 0.29) is 38.3 Å². The summed E-state index contributed by atoms with van der Waals surface area (Å²) in [5, 5.41) is 19.9. The number of esters is 2. The molecule has 0 saturated carbocycles. The molecule has 0 radical (unpaired) electrons. The Hall–Kier alpha value is -2.11. The lowest BCUT2D eigenvalue weighted by atomic mass is 10.1. The number of rotatable bonds is 38. The number of phosphoric ester groups is 1. The molecule has 0 aliphatic heterocycles. The molecular weight excluding hydrogens is 733 g/mol. The Labute approximate surface area is 340 Å². The molecule has 0 fully saturated rings. The first-order valence-corrected chi connectivity index (χ1v) is 23.0. The van der Waals surface area contributed by atoms with Crippen LogP contribution in [0.5, 0.6) is 0 Å². The van der Waals surface area contributed by atoms with Gasteiger partial charge in [0.05, 0.1) is 40.0 Å². The largest absolute Gasteiger partial charge is 0.756 e. The second kappa shape index (κ2) is 36.0. The zero-order chi connectivity index (χ0) is 41.8. The summed E-state index contributed by atoms with van der Waals surface area (Å²) in [5.74, 6) is -0.938. The van der Waals surface area contributed by atoms with E-state index in [4.69, 9.17) is 18.5 Å². The van der Waals surface area contributed by atoms with E-state index in [2.05, 4.69) is 26.0 Å². The van der Waals surface area contributed by atoms with Crippen molar-refractivity contribution in [3.63, 3.8) is 0 Å². The maximum atomic E-state index is 12.7. The highest BCUT2D eigenvalue weighted by molar-refractivity contribution is 7.45. The molecule has 0 aromatic rings. The van der Waals surface area contributed by atoms with Gasteiger partial charge in [0.25, 0.3) is 7.82 Å². The number of aliphatic hydroxyl groups is 2. The minimum absolute atomic E-state index is 0.0569. The second-order valence-electron chi connectivity index (χ2n) is 15.8. The van der Waals surface area contributed by atoms with Crippen molar-refractivity contribution in [3.8, 4) is 0 Å². The van der Waals surface area contributed by atoms with Gasteiger partial charge >= 0.3 is 11.9 Å². The van der Waals surface area contributed by atoms with Crippen LogP contribution in [-0.4, -0.2) is 92.5 Å². The summed E-state index contributed by atoms with van der Waals surface area (Å²) in [4.78, 5) is 37.5. The van der Waals surface area contributed by atoms with E-state index in [9.17, 15) is 29.3 Å². The average Bonchev–Trinajstić information content (AvgIpc) is 3.13. The maximum absolute atomic E-state index is 12.7. The van der Waals surface area contributed by atoms with Gasteiger partial charge in [0.15, 0.2) is 6.10 Å².